The summed E-state index contributed by atoms with van der Waals surface area (Å²) in [4.78, 5) is 21.2. The van der Waals surface area contributed by atoms with Crippen molar-refractivity contribution in [1.29, 1.82) is 0 Å². The molecule has 4 rings (SSSR count). The first-order valence-electron chi connectivity index (χ1n) is 7.02. The largest absolute Gasteiger partial charge is 0.308 e. The van der Waals surface area contributed by atoms with Gasteiger partial charge in [-0.25, -0.2) is 9.97 Å². The molecule has 0 radical (unpaired) electrons. The lowest BCUT2D eigenvalue weighted by Gasteiger charge is -2.00. The molecule has 0 aliphatic rings. The number of hydrogen-bond donors (Lipinski definition) is 0. The Bertz CT molecular complexity index is 1060. The first-order chi connectivity index (χ1) is 10.6. The van der Waals surface area contributed by atoms with Crippen molar-refractivity contribution in [2.75, 3.05) is 0 Å². The highest BCUT2D eigenvalue weighted by Gasteiger charge is 2.11. The minimum Gasteiger partial charge on any atom is -0.293 e. The number of para-hydroxylation sites is 1. The van der Waals surface area contributed by atoms with Crippen molar-refractivity contribution < 1.29 is 0 Å². The van der Waals surface area contributed by atoms with Gasteiger partial charge in [0.15, 0.2) is 0 Å². The van der Waals surface area contributed by atoms with E-state index in [9.17, 15) is 4.79 Å². The van der Waals surface area contributed by atoms with E-state index in [1.807, 2.05) is 54.8 Å². The van der Waals surface area contributed by atoms with E-state index in [4.69, 9.17) is 0 Å². The highest BCUT2D eigenvalue weighted by atomic mass is 32.1. The molecule has 0 saturated carbocycles. The predicted octanol–water partition coefficient (Wildman–Crippen LogP) is 2.77. The van der Waals surface area contributed by atoms with Crippen LogP contribution in [0.5, 0.6) is 0 Å². The van der Waals surface area contributed by atoms with Crippen LogP contribution >= 0.6 is 11.3 Å². The van der Waals surface area contributed by atoms with Crippen molar-refractivity contribution >= 4 is 27.3 Å². The summed E-state index contributed by atoms with van der Waals surface area (Å²) in [5.41, 5.74) is 3.83. The summed E-state index contributed by atoms with van der Waals surface area (Å²) in [6, 6.07) is 9.85. The van der Waals surface area contributed by atoms with Gasteiger partial charge < -0.3 is 0 Å². The highest BCUT2D eigenvalue weighted by molar-refractivity contribution is 7.16. The Hall–Kier alpha value is -2.47. The lowest BCUT2D eigenvalue weighted by Crippen LogP contribution is -2.13. The zero-order chi connectivity index (χ0) is 15.3. The molecule has 4 aromatic rings. The van der Waals surface area contributed by atoms with Gasteiger partial charge in [-0.3, -0.25) is 13.8 Å². The summed E-state index contributed by atoms with van der Waals surface area (Å²) in [6.45, 7) is 4.45. The van der Waals surface area contributed by atoms with Crippen LogP contribution in [0.3, 0.4) is 0 Å². The van der Waals surface area contributed by atoms with Crippen LogP contribution in [0, 0.1) is 13.8 Å². The maximum absolute atomic E-state index is 12.2. The zero-order valence-corrected chi connectivity index (χ0v) is 13.1. The van der Waals surface area contributed by atoms with Gasteiger partial charge in [0.25, 0.3) is 0 Å². The molecule has 3 aromatic heterocycles. The molecule has 0 aliphatic carbocycles. The Morgan fingerprint density at radius 1 is 1.18 bits per heavy atom. The SMILES string of the molecule is Cc1cc(C)n2cc(Cn3c(=O)sc4ccccc43)nc2n1. The molecule has 0 atom stereocenters. The normalized spacial score (nSPS) is 11.5. The number of hydrogen-bond acceptors (Lipinski definition) is 4. The summed E-state index contributed by atoms with van der Waals surface area (Å²) < 4.78 is 4.73. The number of imidazole rings is 1. The van der Waals surface area contributed by atoms with Gasteiger partial charge in [0.2, 0.25) is 5.78 Å². The third-order valence-electron chi connectivity index (χ3n) is 3.71. The summed E-state index contributed by atoms with van der Waals surface area (Å²) in [7, 11) is 0. The summed E-state index contributed by atoms with van der Waals surface area (Å²) in [6.07, 6.45) is 1.95. The molecule has 22 heavy (non-hydrogen) atoms. The second kappa shape index (κ2) is 4.78. The molecule has 5 nitrogen and oxygen atoms in total. The van der Waals surface area contributed by atoms with E-state index < -0.39 is 0 Å². The molecule has 0 saturated heterocycles. The fourth-order valence-corrected chi connectivity index (χ4v) is 3.61. The molecule has 0 amide bonds. The van der Waals surface area contributed by atoms with Crippen LogP contribution in [-0.4, -0.2) is 18.9 Å². The molecule has 0 N–H and O–H groups in total. The second-order valence-electron chi connectivity index (χ2n) is 5.36. The van der Waals surface area contributed by atoms with Gasteiger partial charge in [0, 0.05) is 17.6 Å². The van der Waals surface area contributed by atoms with E-state index in [0.29, 0.717) is 12.3 Å². The van der Waals surface area contributed by atoms with Gasteiger partial charge in [-0.05, 0) is 32.0 Å². The van der Waals surface area contributed by atoms with Gasteiger partial charge >= 0.3 is 4.87 Å². The van der Waals surface area contributed by atoms with E-state index in [0.717, 1.165) is 27.3 Å². The first-order valence-corrected chi connectivity index (χ1v) is 7.84. The van der Waals surface area contributed by atoms with Crippen LogP contribution in [0.4, 0.5) is 0 Å². The number of aryl methyl sites for hydroxylation is 2. The standard InChI is InChI=1S/C16H14N4OS/c1-10-7-11(2)19-8-12(18-15(19)17-10)9-20-13-5-3-4-6-14(13)22-16(20)21/h3-8H,9H2,1-2H3. The predicted molar refractivity (Wildman–Crippen MR) is 87.6 cm³/mol. The molecule has 110 valence electrons. The van der Waals surface area contributed by atoms with Crippen molar-refractivity contribution in [3.05, 3.63) is 63.3 Å². The van der Waals surface area contributed by atoms with E-state index >= 15 is 0 Å². The Balaban J connectivity index is 1.84. The number of fused-ring (bicyclic) bond motifs is 2. The number of benzene rings is 1. The average Bonchev–Trinajstić information content (AvgIpc) is 3.01. The highest BCUT2D eigenvalue weighted by Crippen LogP contribution is 2.18. The maximum atomic E-state index is 12.2. The van der Waals surface area contributed by atoms with Crippen molar-refractivity contribution in [3.63, 3.8) is 0 Å². The average molecular weight is 310 g/mol. The Morgan fingerprint density at radius 3 is 2.86 bits per heavy atom. The van der Waals surface area contributed by atoms with Crippen LogP contribution in [-0.2, 0) is 6.54 Å². The topological polar surface area (TPSA) is 52.2 Å². The lowest BCUT2D eigenvalue weighted by molar-refractivity contribution is 0.795. The van der Waals surface area contributed by atoms with Crippen molar-refractivity contribution in [2.45, 2.75) is 20.4 Å². The molecule has 1 aromatic carbocycles. The van der Waals surface area contributed by atoms with E-state index in [1.54, 1.807) is 4.57 Å². The second-order valence-corrected chi connectivity index (χ2v) is 6.36. The van der Waals surface area contributed by atoms with Gasteiger partial charge in [-0.15, -0.1) is 0 Å². The Kier molecular flexibility index (Phi) is 2.87. The zero-order valence-electron chi connectivity index (χ0n) is 12.3. The molecular weight excluding hydrogens is 296 g/mol. The fourth-order valence-electron chi connectivity index (χ4n) is 2.72. The molecule has 0 unspecified atom stereocenters. The monoisotopic (exact) mass is 310 g/mol. The number of nitrogens with zero attached hydrogens (tertiary/aromatic N) is 4. The molecule has 0 bridgehead atoms. The summed E-state index contributed by atoms with van der Waals surface area (Å²) in [5, 5.41) is 0. The van der Waals surface area contributed by atoms with Crippen LogP contribution in [0.15, 0.2) is 41.3 Å². The number of aromatic nitrogens is 4. The maximum Gasteiger partial charge on any atom is 0.308 e. The summed E-state index contributed by atoms with van der Waals surface area (Å²) >= 11 is 1.27. The van der Waals surface area contributed by atoms with Crippen LogP contribution in [0.2, 0.25) is 0 Å². The lowest BCUT2D eigenvalue weighted by atomic mass is 10.3. The van der Waals surface area contributed by atoms with Crippen LogP contribution in [0.1, 0.15) is 17.1 Å². The third kappa shape index (κ3) is 2.03. The van der Waals surface area contributed by atoms with Crippen LogP contribution < -0.4 is 4.87 Å². The van der Waals surface area contributed by atoms with E-state index in [1.165, 1.54) is 11.3 Å². The molecule has 6 heteroatoms. The van der Waals surface area contributed by atoms with Gasteiger partial charge in [-0.2, -0.15) is 0 Å². The quantitative estimate of drug-likeness (QED) is 0.572. The minimum absolute atomic E-state index is 0.0408. The molecule has 0 spiro atoms. The minimum atomic E-state index is 0.0408. The van der Waals surface area contributed by atoms with Crippen molar-refractivity contribution in [1.82, 2.24) is 18.9 Å². The van der Waals surface area contributed by atoms with Crippen molar-refractivity contribution in [2.24, 2.45) is 0 Å². The molecule has 0 aliphatic heterocycles. The summed E-state index contributed by atoms with van der Waals surface area (Å²) in [5.74, 6) is 0.681. The van der Waals surface area contributed by atoms with Crippen LogP contribution in [0.25, 0.3) is 16.0 Å². The van der Waals surface area contributed by atoms with Crippen molar-refractivity contribution in [3.8, 4) is 0 Å². The molecule has 3 heterocycles. The number of thiazole rings is 1. The first kappa shape index (κ1) is 13.2. The van der Waals surface area contributed by atoms with Gasteiger partial charge in [0.05, 0.1) is 22.5 Å². The molecule has 0 fully saturated rings. The third-order valence-corrected chi connectivity index (χ3v) is 4.67. The van der Waals surface area contributed by atoms with E-state index in [-0.39, 0.29) is 4.87 Å². The van der Waals surface area contributed by atoms with Gasteiger partial charge in [-0.1, -0.05) is 23.5 Å². The fraction of sp³-hybridized carbons (Fsp3) is 0.188. The molecular formula is C16H14N4OS. The van der Waals surface area contributed by atoms with Gasteiger partial charge in [0.1, 0.15) is 0 Å². The smallest absolute Gasteiger partial charge is 0.293 e. The van der Waals surface area contributed by atoms with E-state index in [2.05, 4.69) is 9.97 Å². The Morgan fingerprint density at radius 2 is 2.00 bits per heavy atom. The Labute approximate surface area is 130 Å². The number of rotatable bonds is 2.